The molecule has 0 radical (unpaired) electrons. The van der Waals surface area contributed by atoms with E-state index in [9.17, 15) is 4.79 Å². The third-order valence-corrected chi connectivity index (χ3v) is 4.90. The highest BCUT2D eigenvalue weighted by Crippen LogP contribution is 2.26. The van der Waals surface area contributed by atoms with E-state index < -0.39 is 0 Å². The van der Waals surface area contributed by atoms with Crippen LogP contribution in [-0.2, 0) is 0 Å². The minimum atomic E-state index is -0.165. The molecule has 1 N–H and O–H groups in total. The maximum absolute atomic E-state index is 12.6. The SMILES string of the molecule is CC(c1ccccc1)N(C)C(=O)Nc1ccnc(Sc2ccccn2)c1. The first-order valence-electron chi connectivity index (χ1n) is 8.27. The fourth-order valence-electron chi connectivity index (χ4n) is 2.40. The molecule has 2 aromatic heterocycles. The Balaban J connectivity index is 1.66. The molecule has 26 heavy (non-hydrogen) atoms. The van der Waals surface area contributed by atoms with Crippen molar-refractivity contribution in [3.8, 4) is 0 Å². The van der Waals surface area contributed by atoms with Gasteiger partial charge in [0.25, 0.3) is 0 Å². The van der Waals surface area contributed by atoms with Gasteiger partial charge in [-0.05, 0) is 36.8 Å². The third kappa shape index (κ3) is 4.61. The van der Waals surface area contributed by atoms with Crippen LogP contribution in [0.3, 0.4) is 0 Å². The van der Waals surface area contributed by atoms with Crippen LogP contribution < -0.4 is 5.32 Å². The van der Waals surface area contributed by atoms with Gasteiger partial charge in [-0.25, -0.2) is 14.8 Å². The summed E-state index contributed by atoms with van der Waals surface area (Å²) >= 11 is 1.45. The Hall–Kier alpha value is -2.86. The molecule has 0 saturated heterocycles. The average molecular weight is 364 g/mol. The van der Waals surface area contributed by atoms with Crippen LogP contribution in [0.1, 0.15) is 18.5 Å². The second kappa shape index (κ2) is 8.49. The van der Waals surface area contributed by atoms with Crippen molar-refractivity contribution in [1.82, 2.24) is 14.9 Å². The van der Waals surface area contributed by atoms with Gasteiger partial charge >= 0.3 is 6.03 Å². The van der Waals surface area contributed by atoms with Crippen molar-refractivity contribution >= 4 is 23.5 Å². The van der Waals surface area contributed by atoms with Crippen molar-refractivity contribution < 1.29 is 4.79 Å². The molecular formula is C20H20N4OS. The van der Waals surface area contributed by atoms with Crippen LogP contribution in [-0.4, -0.2) is 27.9 Å². The normalized spacial score (nSPS) is 11.6. The molecule has 3 rings (SSSR count). The summed E-state index contributed by atoms with van der Waals surface area (Å²) in [6.07, 6.45) is 3.43. The van der Waals surface area contributed by atoms with Gasteiger partial charge in [0, 0.05) is 25.1 Å². The van der Waals surface area contributed by atoms with Crippen LogP contribution in [0.2, 0.25) is 0 Å². The molecule has 0 spiro atoms. The first kappa shape index (κ1) is 17.9. The maximum Gasteiger partial charge on any atom is 0.322 e. The van der Waals surface area contributed by atoms with Gasteiger partial charge in [0.1, 0.15) is 10.1 Å². The molecule has 0 aliphatic heterocycles. The zero-order valence-corrected chi connectivity index (χ0v) is 15.5. The Labute approximate surface area is 157 Å². The van der Waals surface area contributed by atoms with Gasteiger partial charge in [-0.3, -0.25) is 0 Å². The molecule has 6 heteroatoms. The van der Waals surface area contributed by atoms with Crippen molar-refractivity contribution in [2.75, 3.05) is 12.4 Å². The second-order valence-corrected chi connectivity index (χ2v) is 6.82. The van der Waals surface area contributed by atoms with E-state index in [4.69, 9.17) is 0 Å². The zero-order valence-electron chi connectivity index (χ0n) is 14.7. The molecule has 5 nitrogen and oxygen atoms in total. The quantitative estimate of drug-likeness (QED) is 0.703. The van der Waals surface area contributed by atoms with Crippen molar-refractivity contribution in [2.24, 2.45) is 0 Å². The number of amides is 2. The lowest BCUT2D eigenvalue weighted by atomic mass is 10.1. The lowest BCUT2D eigenvalue weighted by Crippen LogP contribution is -2.33. The van der Waals surface area contributed by atoms with Crippen molar-refractivity contribution in [3.63, 3.8) is 0 Å². The van der Waals surface area contributed by atoms with Crippen LogP contribution in [0.25, 0.3) is 0 Å². The average Bonchev–Trinajstić information content (AvgIpc) is 2.68. The Kier molecular flexibility index (Phi) is 5.86. The maximum atomic E-state index is 12.6. The van der Waals surface area contributed by atoms with Gasteiger partial charge in [-0.2, -0.15) is 0 Å². The summed E-state index contributed by atoms with van der Waals surface area (Å²) in [5, 5.41) is 4.57. The van der Waals surface area contributed by atoms with Crippen molar-refractivity contribution in [3.05, 3.63) is 78.6 Å². The van der Waals surface area contributed by atoms with Gasteiger partial charge in [0.05, 0.1) is 6.04 Å². The highest BCUT2D eigenvalue weighted by molar-refractivity contribution is 7.99. The molecule has 1 aromatic carbocycles. The summed E-state index contributed by atoms with van der Waals surface area (Å²) in [7, 11) is 1.79. The molecule has 2 amide bonds. The van der Waals surface area contributed by atoms with Gasteiger partial charge in [0.15, 0.2) is 0 Å². The highest BCUT2D eigenvalue weighted by Gasteiger charge is 2.17. The standard InChI is InChI=1S/C20H20N4OS/c1-15(16-8-4-3-5-9-16)24(2)20(25)23-17-11-13-22-19(14-17)26-18-10-6-7-12-21-18/h3-15H,1-2H3,(H,22,23,25). The first-order chi connectivity index (χ1) is 12.6. The fraction of sp³-hybridized carbons (Fsp3) is 0.150. The Morgan fingerprint density at radius 1 is 1.00 bits per heavy atom. The predicted octanol–water partition coefficient (Wildman–Crippen LogP) is 4.85. The molecular weight excluding hydrogens is 344 g/mol. The Morgan fingerprint density at radius 3 is 2.46 bits per heavy atom. The van der Waals surface area contributed by atoms with Gasteiger partial charge < -0.3 is 10.2 Å². The largest absolute Gasteiger partial charge is 0.322 e. The third-order valence-electron chi connectivity index (χ3n) is 4.02. The summed E-state index contributed by atoms with van der Waals surface area (Å²) < 4.78 is 0. The summed E-state index contributed by atoms with van der Waals surface area (Å²) in [4.78, 5) is 22.9. The molecule has 2 heterocycles. The Bertz CT molecular complexity index is 858. The van der Waals surface area contributed by atoms with E-state index in [0.717, 1.165) is 15.6 Å². The number of carbonyl (C=O) groups excluding carboxylic acids is 1. The van der Waals surface area contributed by atoms with Crippen molar-refractivity contribution in [2.45, 2.75) is 23.0 Å². The lowest BCUT2D eigenvalue weighted by molar-refractivity contribution is 0.208. The molecule has 0 aliphatic carbocycles. The van der Waals surface area contributed by atoms with Crippen LogP contribution >= 0.6 is 11.8 Å². The summed E-state index contributed by atoms with van der Waals surface area (Å²) in [6.45, 7) is 2.00. The number of hydrogen-bond donors (Lipinski definition) is 1. The number of aromatic nitrogens is 2. The van der Waals surface area contributed by atoms with Crippen LogP contribution in [0.4, 0.5) is 10.5 Å². The number of pyridine rings is 2. The molecule has 0 fully saturated rings. The minimum absolute atomic E-state index is 0.0274. The molecule has 132 valence electrons. The van der Waals surface area contributed by atoms with E-state index in [1.807, 2.05) is 61.5 Å². The second-order valence-electron chi connectivity index (χ2n) is 5.78. The molecule has 3 aromatic rings. The van der Waals surface area contributed by atoms with Crippen LogP contribution in [0.15, 0.2) is 83.1 Å². The van der Waals surface area contributed by atoms with Gasteiger partial charge in [0.2, 0.25) is 0 Å². The number of rotatable bonds is 5. The number of nitrogens with one attached hydrogen (secondary N) is 1. The number of benzene rings is 1. The summed E-state index contributed by atoms with van der Waals surface area (Å²) in [5.41, 5.74) is 1.79. The monoisotopic (exact) mass is 364 g/mol. The van der Waals surface area contributed by atoms with E-state index in [2.05, 4.69) is 15.3 Å². The first-order valence-corrected chi connectivity index (χ1v) is 9.09. The van der Waals surface area contributed by atoms with Crippen molar-refractivity contribution in [1.29, 1.82) is 0 Å². The van der Waals surface area contributed by atoms with E-state index in [1.165, 1.54) is 11.8 Å². The molecule has 1 atom stereocenters. The van der Waals surface area contributed by atoms with E-state index in [0.29, 0.717) is 5.69 Å². The number of hydrogen-bond acceptors (Lipinski definition) is 4. The summed E-state index contributed by atoms with van der Waals surface area (Å²) in [6, 6.07) is 19.1. The van der Waals surface area contributed by atoms with Crippen LogP contribution in [0.5, 0.6) is 0 Å². The molecule has 0 saturated carbocycles. The molecule has 0 aliphatic rings. The number of urea groups is 1. The number of carbonyl (C=O) groups is 1. The fourth-order valence-corrected chi connectivity index (χ4v) is 3.17. The molecule has 0 bridgehead atoms. The van der Waals surface area contributed by atoms with Crippen LogP contribution in [0, 0.1) is 0 Å². The van der Waals surface area contributed by atoms with Gasteiger partial charge in [-0.1, -0.05) is 48.2 Å². The topological polar surface area (TPSA) is 58.1 Å². The highest BCUT2D eigenvalue weighted by atomic mass is 32.2. The van der Waals surface area contributed by atoms with E-state index in [1.54, 1.807) is 30.4 Å². The van der Waals surface area contributed by atoms with E-state index >= 15 is 0 Å². The number of nitrogens with zero attached hydrogens (tertiary/aromatic N) is 3. The minimum Gasteiger partial charge on any atom is -0.321 e. The predicted molar refractivity (Wildman–Crippen MR) is 104 cm³/mol. The zero-order chi connectivity index (χ0) is 18.4. The Morgan fingerprint density at radius 2 is 1.73 bits per heavy atom. The molecule has 1 unspecified atom stereocenters. The smallest absolute Gasteiger partial charge is 0.321 e. The van der Waals surface area contributed by atoms with E-state index in [-0.39, 0.29) is 12.1 Å². The lowest BCUT2D eigenvalue weighted by Gasteiger charge is -2.25. The summed E-state index contributed by atoms with van der Waals surface area (Å²) in [5.74, 6) is 0. The number of anilines is 1. The van der Waals surface area contributed by atoms with Gasteiger partial charge in [-0.15, -0.1) is 0 Å².